The third-order valence-electron chi connectivity index (χ3n) is 3.29. The highest BCUT2D eigenvalue weighted by Gasteiger charge is 2.13. The molecular formula is C14H20BrN3O. The van der Waals surface area contributed by atoms with Crippen molar-refractivity contribution in [1.82, 2.24) is 10.2 Å². The first-order valence-corrected chi connectivity index (χ1v) is 7.49. The van der Waals surface area contributed by atoms with Crippen LogP contribution < -0.4 is 10.6 Å². The van der Waals surface area contributed by atoms with Crippen molar-refractivity contribution in [2.75, 3.05) is 38.0 Å². The summed E-state index contributed by atoms with van der Waals surface area (Å²) >= 11 is 3.53. The zero-order valence-electron chi connectivity index (χ0n) is 11.2. The molecule has 2 rings (SSSR count). The van der Waals surface area contributed by atoms with Gasteiger partial charge in [0.15, 0.2) is 0 Å². The predicted octanol–water partition coefficient (Wildman–Crippen LogP) is 1.86. The van der Waals surface area contributed by atoms with Crippen LogP contribution in [0.15, 0.2) is 22.7 Å². The molecule has 0 spiro atoms. The highest BCUT2D eigenvalue weighted by molar-refractivity contribution is 9.10. The molecule has 0 radical (unpaired) electrons. The van der Waals surface area contributed by atoms with E-state index in [9.17, 15) is 4.79 Å². The van der Waals surface area contributed by atoms with Crippen LogP contribution in [0, 0.1) is 0 Å². The van der Waals surface area contributed by atoms with Crippen molar-refractivity contribution in [3.8, 4) is 0 Å². The first-order chi connectivity index (χ1) is 9.19. The average molecular weight is 326 g/mol. The van der Waals surface area contributed by atoms with Gasteiger partial charge in [0, 0.05) is 36.3 Å². The van der Waals surface area contributed by atoms with E-state index in [1.807, 2.05) is 18.2 Å². The first-order valence-electron chi connectivity index (χ1n) is 6.70. The fraction of sp³-hybridized carbons (Fsp3) is 0.500. The summed E-state index contributed by atoms with van der Waals surface area (Å²) in [4.78, 5) is 14.1. The summed E-state index contributed by atoms with van der Waals surface area (Å²) in [5.74, 6) is 0.0537. The van der Waals surface area contributed by atoms with Crippen molar-refractivity contribution in [1.29, 1.82) is 0 Å². The van der Waals surface area contributed by atoms with Crippen LogP contribution in [0.3, 0.4) is 0 Å². The Labute approximate surface area is 122 Å². The zero-order valence-corrected chi connectivity index (χ0v) is 12.8. The summed E-state index contributed by atoms with van der Waals surface area (Å²) in [6.07, 6.45) is 0.982. The molecule has 0 unspecified atom stereocenters. The van der Waals surface area contributed by atoms with Gasteiger partial charge in [-0.3, -0.25) is 9.69 Å². The Morgan fingerprint density at radius 1 is 1.42 bits per heavy atom. The maximum atomic E-state index is 12.0. The normalized spacial score (nSPS) is 16.3. The molecule has 0 aromatic heterocycles. The van der Waals surface area contributed by atoms with Gasteiger partial charge in [-0.05, 0) is 24.1 Å². The van der Waals surface area contributed by atoms with E-state index < -0.39 is 0 Å². The first kappa shape index (κ1) is 14.5. The summed E-state index contributed by atoms with van der Waals surface area (Å²) in [5, 5.41) is 6.23. The summed E-state index contributed by atoms with van der Waals surface area (Å²) in [5.41, 5.74) is 2.10. The van der Waals surface area contributed by atoms with Gasteiger partial charge in [0.1, 0.15) is 0 Å². The minimum atomic E-state index is 0.0537. The van der Waals surface area contributed by atoms with Crippen LogP contribution in [0.5, 0.6) is 0 Å². The molecule has 1 aromatic carbocycles. The summed E-state index contributed by atoms with van der Waals surface area (Å²) in [6, 6.07) is 5.97. The van der Waals surface area contributed by atoms with E-state index in [1.165, 1.54) is 5.56 Å². The third-order valence-corrected chi connectivity index (χ3v) is 4.03. The smallest absolute Gasteiger partial charge is 0.238 e. The number of halogens is 1. The monoisotopic (exact) mass is 325 g/mol. The molecule has 1 aliphatic heterocycles. The average Bonchev–Trinajstić information content (AvgIpc) is 2.40. The van der Waals surface area contributed by atoms with Crippen LogP contribution in [0.4, 0.5) is 5.69 Å². The van der Waals surface area contributed by atoms with Gasteiger partial charge < -0.3 is 10.6 Å². The summed E-state index contributed by atoms with van der Waals surface area (Å²) in [7, 11) is 0. The molecule has 0 aliphatic carbocycles. The lowest BCUT2D eigenvalue weighted by Gasteiger charge is -2.26. The van der Waals surface area contributed by atoms with Crippen molar-refractivity contribution >= 4 is 27.5 Å². The summed E-state index contributed by atoms with van der Waals surface area (Å²) < 4.78 is 1.05. The Kier molecular flexibility index (Phi) is 5.36. The lowest BCUT2D eigenvalue weighted by atomic mass is 10.1. The number of hydrogen-bond donors (Lipinski definition) is 2. The van der Waals surface area contributed by atoms with Crippen molar-refractivity contribution in [2.45, 2.75) is 13.3 Å². The highest BCUT2D eigenvalue weighted by Crippen LogP contribution is 2.21. The van der Waals surface area contributed by atoms with E-state index in [-0.39, 0.29) is 5.91 Å². The molecular weight excluding hydrogens is 306 g/mol. The Balaban J connectivity index is 1.89. The van der Waals surface area contributed by atoms with Crippen LogP contribution in [0.2, 0.25) is 0 Å². The molecule has 1 heterocycles. The van der Waals surface area contributed by atoms with Crippen molar-refractivity contribution in [3.05, 3.63) is 28.2 Å². The molecule has 1 fully saturated rings. The lowest BCUT2D eigenvalue weighted by molar-refractivity contribution is -0.117. The van der Waals surface area contributed by atoms with Crippen molar-refractivity contribution in [2.24, 2.45) is 0 Å². The van der Waals surface area contributed by atoms with E-state index in [4.69, 9.17) is 0 Å². The number of benzene rings is 1. The van der Waals surface area contributed by atoms with Gasteiger partial charge >= 0.3 is 0 Å². The Bertz CT molecular complexity index is 444. The Morgan fingerprint density at radius 3 is 2.79 bits per heavy atom. The van der Waals surface area contributed by atoms with Crippen LogP contribution in [-0.4, -0.2) is 43.5 Å². The minimum absolute atomic E-state index is 0.0537. The van der Waals surface area contributed by atoms with Gasteiger partial charge in [0.2, 0.25) is 5.91 Å². The molecule has 0 saturated carbocycles. The SMILES string of the molecule is CCc1ccc(NC(=O)CN2CCNCC2)cc1Br. The Morgan fingerprint density at radius 2 is 2.16 bits per heavy atom. The van der Waals surface area contributed by atoms with E-state index in [0.29, 0.717) is 6.54 Å². The molecule has 0 bridgehead atoms. The second kappa shape index (κ2) is 7.03. The fourth-order valence-corrected chi connectivity index (χ4v) is 2.84. The van der Waals surface area contributed by atoms with E-state index >= 15 is 0 Å². The summed E-state index contributed by atoms with van der Waals surface area (Å²) in [6.45, 7) is 6.38. The topological polar surface area (TPSA) is 44.4 Å². The Hall–Kier alpha value is -0.910. The predicted molar refractivity (Wildman–Crippen MR) is 81.5 cm³/mol. The van der Waals surface area contributed by atoms with Crippen molar-refractivity contribution in [3.63, 3.8) is 0 Å². The maximum Gasteiger partial charge on any atom is 0.238 e. The van der Waals surface area contributed by atoms with Gasteiger partial charge in [0.05, 0.1) is 6.54 Å². The number of carbonyl (C=O) groups is 1. The fourth-order valence-electron chi connectivity index (χ4n) is 2.18. The minimum Gasteiger partial charge on any atom is -0.325 e. The molecule has 2 N–H and O–H groups in total. The number of amides is 1. The molecule has 1 amide bonds. The number of nitrogens with zero attached hydrogens (tertiary/aromatic N) is 1. The molecule has 104 valence electrons. The second-order valence-electron chi connectivity index (χ2n) is 4.73. The highest BCUT2D eigenvalue weighted by atomic mass is 79.9. The molecule has 19 heavy (non-hydrogen) atoms. The number of piperazine rings is 1. The van der Waals surface area contributed by atoms with Crippen LogP contribution in [0.1, 0.15) is 12.5 Å². The molecule has 1 aliphatic rings. The van der Waals surface area contributed by atoms with Crippen LogP contribution in [0.25, 0.3) is 0 Å². The van der Waals surface area contributed by atoms with E-state index in [1.54, 1.807) is 0 Å². The maximum absolute atomic E-state index is 12.0. The zero-order chi connectivity index (χ0) is 13.7. The number of nitrogens with one attached hydrogen (secondary N) is 2. The number of carbonyl (C=O) groups excluding carboxylic acids is 1. The standard InChI is InChI=1S/C14H20BrN3O/c1-2-11-3-4-12(9-13(11)15)17-14(19)10-18-7-5-16-6-8-18/h3-4,9,16H,2,5-8,10H2,1H3,(H,17,19). The lowest BCUT2D eigenvalue weighted by Crippen LogP contribution is -2.46. The quantitative estimate of drug-likeness (QED) is 0.888. The molecule has 5 heteroatoms. The van der Waals surface area contributed by atoms with Crippen LogP contribution >= 0.6 is 15.9 Å². The largest absolute Gasteiger partial charge is 0.325 e. The molecule has 1 saturated heterocycles. The number of anilines is 1. The second-order valence-corrected chi connectivity index (χ2v) is 5.59. The van der Waals surface area contributed by atoms with Gasteiger partial charge in [-0.1, -0.05) is 28.9 Å². The van der Waals surface area contributed by atoms with Gasteiger partial charge in [0.25, 0.3) is 0 Å². The van der Waals surface area contributed by atoms with Crippen molar-refractivity contribution < 1.29 is 4.79 Å². The number of rotatable bonds is 4. The van der Waals surface area contributed by atoms with Gasteiger partial charge in [-0.2, -0.15) is 0 Å². The van der Waals surface area contributed by atoms with Crippen LogP contribution in [-0.2, 0) is 11.2 Å². The molecule has 4 nitrogen and oxygen atoms in total. The number of hydrogen-bond acceptors (Lipinski definition) is 3. The van der Waals surface area contributed by atoms with Gasteiger partial charge in [-0.15, -0.1) is 0 Å². The molecule has 0 atom stereocenters. The number of aryl methyl sites for hydroxylation is 1. The van der Waals surface area contributed by atoms with Gasteiger partial charge in [-0.25, -0.2) is 0 Å². The third kappa shape index (κ3) is 4.30. The van der Waals surface area contributed by atoms with E-state index in [0.717, 1.165) is 42.8 Å². The molecule has 1 aromatic rings. The van der Waals surface area contributed by atoms with E-state index in [2.05, 4.69) is 38.4 Å².